The third kappa shape index (κ3) is 3.21. The van der Waals surface area contributed by atoms with Gasteiger partial charge in [-0.05, 0) is 25.5 Å². The molecule has 5 nitrogen and oxygen atoms in total. The first-order valence-corrected chi connectivity index (χ1v) is 5.56. The van der Waals surface area contributed by atoms with E-state index in [4.69, 9.17) is 0 Å². The number of ketones is 1. The molecule has 0 aliphatic carbocycles. The van der Waals surface area contributed by atoms with Crippen molar-refractivity contribution in [3.05, 3.63) is 30.6 Å². The lowest BCUT2D eigenvalue weighted by molar-refractivity contribution is -0.117. The molecule has 17 heavy (non-hydrogen) atoms. The highest BCUT2D eigenvalue weighted by atomic mass is 16.1. The minimum Gasteiger partial charge on any atom is -0.300 e. The molecule has 0 N–H and O–H groups in total. The van der Waals surface area contributed by atoms with Gasteiger partial charge in [0.15, 0.2) is 0 Å². The molecule has 0 fully saturated rings. The summed E-state index contributed by atoms with van der Waals surface area (Å²) in [6.45, 7) is 2.31. The standard InChI is InChI=1S/C12H14N4O/c1-10(17)5-4-8-16-9-12(14-15-16)11-6-2-3-7-13-11/h2-3,6-7,9H,4-5,8H2,1H3. The number of hydrogen-bond donors (Lipinski definition) is 0. The smallest absolute Gasteiger partial charge is 0.131 e. The number of carbonyl (C=O) groups is 1. The van der Waals surface area contributed by atoms with Crippen LogP contribution in [-0.4, -0.2) is 25.8 Å². The van der Waals surface area contributed by atoms with Crippen LogP contribution in [0.25, 0.3) is 11.4 Å². The fourth-order valence-electron chi connectivity index (χ4n) is 1.53. The summed E-state index contributed by atoms with van der Waals surface area (Å²) < 4.78 is 1.74. The van der Waals surface area contributed by atoms with Gasteiger partial charge in [-0.2, -0.15) is 0 Å². The molecule has 2 rings (SSSR count). The number of pyridine rings is 1. The van der Waals surface area contributed by atoms with Crippen molar-refractivity contribution < 1.29 is 4.79 Å². The highest BCUT2D eigenvalue weighted by molar-refractivity contribution is 5.75. The molecule has 2 aromatic heterocycles. The Balaban J connectivity index is 1.99. The predicted octanol–water partition coefficient (Wildman–Crippen LogP) is 1.71. The fraction of sp³-hybridized carbons (Fsp3) is 0.333. The number of carbonyl (C=O) groups excluding carboxylic acids is 1. The van der Waals surface area contributed by atoms with Crippen LogP contribution in [-0.2, 0) is 11.3 Å². The Morgan fingerprint density at radius 2 is 2.24 bits per heavy atom. The lowest BCUT2D eigenvalue weighted by Gasteiger charge is -1.97. The Hall–Kier alpha value is -2.04. The van der Waals surface area contributed by atoms with E-state index in [1.54, 1.807) is 17.8 Å². The first-order chi connectivity index (χ1) is 8.25. The van der Waals surface area contributed by atoms with Crippen molar-refractivity contribution in [2.75, 3.05) is 0 Å². The molecular weight excluding hydrogens is 216 g/mol. The van der Waals surface area contributed by atoms with Gasteiger partial charge in [0.05, 0.1) is 11.9 Å². The summed E-state index contributed by atoms with van der Waals surface area (Å²) >= 11 is 0. The topological polar surface area (TPSA) is 60.7 Å². The summed E-state index contributed by atoms with van der Waals surface area (Å²) in [5.41, 5.74) is 1.57. The van der Waals surface area contributed by atoms with E-state index in [2.05, 4.69) is 15.3 Å². The molecule has 2 aromatic rings. The average molecular weight is 230 g/mol. The largest absolute Gasteiger partial charge is 0.300 e. The highest BCUT2D eigenvalue weighted by Crippen LogP contribution is 2.11. The molecule has 0 amide bonds. The first kappa shape index (κ1) is 11.4. The molecule has 0 unspecified atom stereocenters. The normalized spacial score (nSPS) is 10.4. The molecule has 0 atom stereocenters. The molecule has 0 aliphatic heterocycles. The maximum absolute atomic E-state index is 10.8. The molecule has 0 spiro atoms. The summed E-state index contributed by atoms with van der Waals surface area (Å²) in [5, 5.41) is 8.05. The van der Waals surface area contributed by atoms with E-state index in [1.165, 1.54) is 0 Å². The minimum atomic E-state index is 0.204. The number of rotatable bonds is 5. The van der Waals surface area contributed by atoms with Crippen LogP contribution in [0.15, 0.2) is 30.6 Å². The van der Waals surface area contributed by atoms with E-state index in [1.807, 2.05) is 24.4 Å². The maximum Gasteiger partial charge on any atom is 0.131 e. The fourth-order valence-corrected chi connectivity index (χ4v) is 1.53. The second-order valence-corrected chi connectivity index (χ2v) is 3.89. The second kappa shape index (κ2) is 5.34. The van der Waals surface area contributed by atoms with Gasteiger partial charge in [0.25, 0.3) is 0 Å². The van der Waals surface area contributed by atoms with Crippen molar-refractivity contribution in [1.29, 1.82) is 0 Å². The zero-order chi connectivity index (χ0) is 12.1. The number of aromatic nitrogens is 4. The lowest BCUT2D eigenvalue weighted by Crippen LogP contribution is -2.01. The van der Waals surface area contributed by atoms with Crippen LogP contribution in [0.1, 0.15) is 19.8 Å². The quantitative estimate of drug-likeness (QED) is 0.784. The van der Waals surface area contributed by atoms with Gasteiger partial charge < -0.3 is 4.79 Å². The van der Waals surface area contributed by atoms with Crippen molar-refractivity contribution in [3.63, 3.8) is 0 Å². The van der Waals surface area contributed by atoms with Crippen LogP contribution in [0.2, 0.25) is 0 Å². The van der Waals surface area contributed by atoms with Gasteiger partial charge in [0, 0.05) is 19.2 Å². The average Bonchev–Trinajstić information content (AvgIpc) is 2.78. The Labute approximate surface area is 99.5 Å². The molecule has 0 saturated heterocycles. The summed E-state index contributed by atoms with van der Waals surface area (Å²) in [5.74, 6) is 0.204. The van der Waals surface area contributed by atoms with Gasteiger partial charge in [-0.15, -0.1) is 5.10 Å². The number of Topliss-reactive ketones (excluding diaryl/α,β-unsaturated/α-hetero) is 1. The maximum atomic E-state index is 10.8. The van der Waals surface area contributed by atoms with Crippen LogP contribution in [0.5, 0.6) is 0 Å². The van der Waals surface area contributed by atoms with E-state index in [0.29, 0.717) is 13.0 Å². The van der Waals surface area contributed by atoms with E-state index >= 15 is 0 Å². The second-order valence-electron chi connectivity index (χ2n) is 3.89. The number of hydrogen-bond acceptors (Lipinski definition) is 4. The highest BCUT2D eigenvalue weighted by Gasteiger charge is 2.04. The van der Waals surface area contributed by atoms with Crippen LogP contribution < -0.4 is 0 Å². The molecule has 0 saturated carbocycles. The molecular formula is C12H14N4O. The number of nitrogens with zero attached hydrogens (tertiary/aromatic N) is 4. The Kier molecular flexibility index (Phi) is 3.59. The SMILES string of the molecule is CC(=O)CCCn1cc(-c2ccccn2)nn1. The molecule has 5 heteroatoms. The van der Waals surface area contributed by atoms with Crippen molar-refractivity contribution in [3.8, 4) is 11.4 Å². The van der Waals surface area contributed by atoms with Crippen molar-refractivity contribution >= 4 is 5.78 Å². The Morgan fingerprint density at radius 3 is 2.94 bits per heavy atom. The molecule has 0 radical (unpaired) electrons. The van der Waals surface area contributed by atoms with E-state index in [0.717, 1.165) is 17.8 Å². The molecule has 2 heterocycles. The first-order valence-electron chi connectivity index (χ1n) is 5.56. The Morgan fingerprint density at radius 1 is 1.35 bits per heavy atom. The molecule has 0 bridgehead atoms. The predicted molar refractivity (Wildman–Crippen MR) is 63.2 cm³/mol. The Bertz CT molecular complexity index is 492. The van der Waals surface area contributed by atoms with Crippen LogP contribution in [0.4, 0.5) is 0 Å². The van der Waals surface area contributed by atoms with E-state index in [9.17, 15) is 4.79 Å². The van der Waals surface area contributed by atoms with Crippen LogP contribution >= 0.6 is 0 Å². The minimum absolute atomic E-state index is 0.204. The van der Waals surface area contributed by atoms with Gasteiger partial charge >= 0.3 is 0 Å². The van der Waals surface area contributed by atoms with Crippen molar-refractivity contribution in [2.45, 2.75) is 26.3 Å². The van der Waals surface area contributed by atoms with E-state index in [-0.39, 0.29) is 5.78 Å². The summed E-state index contributed by atoms with van der Waals surface area (Å²) in [6.07, 6.45) is 4.95. The lowest BCUT2D eigenvalue weighted by atomic mass is 10.2. The molecule has 88 valence electrons. The summed E-state index contributed by atoms with van der Waals surface area (Å²) in [6, 6.07) is 5.67. The third-order valence-electron chi connectivity index (χ3n) is 2.38. The van der Waals surface area contributed by atoms with Crippen molar-refractivity contribution in [2.24, 2.45) is 0 Å². The summed E-state index contributed by atoms with van der Waals surface area (Å²) in [7, 11) is 0. The van der Waals surface area contributed by atoms with Crippen LogP contribution in [0, 0.1) is 0 Å². The van der Waals surface area contributed by atoms with Crippen LogP contribution in [0.3, 0.4) is 0 Å². The third-order valence-corrected chi connectivity index (χ3v) is 2.38. The zero-order valence-electron chi connectivity index (χ0n) is 9.71. The van der Waals surface area contributed by atoms with Gasteiger partial charge in [0.1, 0.15) is 11.5 Å². The molecule has 0 aromatic carbocycles. The number of aryl methyl sites for hydroxylation is 1. The van der Waals surface area contributed by atoms with Crippen molar-refractivity contribution in [1.82, 2.24) is 20.0 Å². The van der Waals surface area contributed by atoms with Gasteiger partial charge in [-0.25, -0.2) is 0 Å². The van der Waals surface area contributed by atoms with Gasteiger partial charge in [-0.1, -0.05) is 11.3 Å². The molecule has 0 aliphatic rings. The monoisotopic (exact) mass is 230 g/mol. The summed E-state index contributed by atoms with van der Waals surface area (Å²) in [4.78, 5) is 15.0. The zero-order valence-corrected chi connectivity index (χ0v) is 9.71. The van der Waals surface area contributed by atoms with Gasteiger partial charge in [-0.3, -0.25) is 9.67 Å². The van der Waals surface area contributed by atoms with E-state index < -0.39 is 0 Å². The van der Waals surface area contributed by atoms with Gasteiger partial charge in [0.2, 0.25) is 0 Å².